The first-order chi connectivity index (χ1) is 9.06. The summed E-state index contributed by atoms with van der Waals surface area (Å²) in [4.78, 5) is 10.0. The molecule has 1 aromatic carbocycles. The number of nitrogens with one attached hydrogen (secondary N) is 1. The Morgan fingerprint density at radius 3 is 2.42 bits per heavy atom. The number of aryl methyl sites for hydroxylation is 2. The monoisotopic (exact) mass is 259 g/mol. The molecule has 3 rings (SSSR count). The van der Waals surface area contributed by atoms with E-state index in [1.807, 2.05) is 13.0 Å². The normalized spacial score (nSPS) is 15.8. The Kier molecular flexibility index (Phi) is 4.59. The molecule has 0 saturated carbocycles. The summed E-state index contributed by atoms with van der Waals surface area (Å²) in [6, 6.07) is 6.99. The molecule has 1 aliphatic heterocycles. The van der Waals surface area contributed by atoms with Crippen molar-refractivity contribution in [3.8, 4) is 0 Å². The number of fused-ring (bicyclic) bond motifs is 1. The van der Waals surface area contributed by atoms with Crippen LogP contribution in [0.2, 0.25) is 0 Å². The number of hydrogen-bond acceptors (Lipinski definition) is 2. The fourth-order valence-corrected chi connectivity index (χ4v) is 2.51. The second kappa shape index (κ2) is 6.20. The third-order valence-corrected chi connectivity index (χ3v) is 3.63. The Morgan fingerprint density at radius 1 is 1.16 bits per heavy atom. The molecule has 1 aliphatic rings. The van der Waals surface area contributed by atoms with Gasteiger partial charge in [0, 0.05) is 6.04 Å². The number of rotatable bonds is 1. The zero-order valence-electron chi connectivity index (χ0n) is 12.5. The van der Waals surface area contributed by atoms with Gasteiger partial charge in [0.15, 0.2) is 0 Å². The molecule has 3 nitrogen and oxygen atoms in total. The van der Waals surface area contributed by atoms with Gasteiger partial charge in [0.2, 0.25) is 0 Å². The third kappa shape index (κ3) is 3.80. The van der Waals surface area contributed by atoms with Gasteiger partial charge in [-0.15, -0.1) is 0 Å². The van der Waals surface area contributed by atoms with Crippen LogP contribution in [0.4, 0.5) is 0 Å². The molecule has 3 heteroatoms. The summed E-state index contributed by atoms with van der Waals surface area (Å²) in [5.41, 5.74) is 3.44. The van der Waals surface area contributed by atoms with E-state index in [0.29, 0.717) is 0 Å². The summed E-state index contributed by atoms with van der Waals surface area (Å²) in [7, 11) is 0. The number of benzene rings is 1. The fourth-order valence-electron chi connectivity index (χ4n) is 2.51. The molecule has 104 valence electrons. The second-order valence-electron chi connectivity index (χ2n) is 5.68. The average molecular weight is 259 g/mol. The predicted molar refractivity (Wildman–Crippen MR) is 81.5 cm³/mol. The Labute approximate surface area is 116 Å². The van der Waals surface area contributed by atoms with Crippen LogP contribution in [0, 0.1) is 13.8 Å². The maximum Gasteiger partial charge on any atom is 0.104 e. The van der Waals surface area contributed by atoms with Crippen molar-refractivity contribution in [1.29, 1.82) is 0 Å². The Bertz CT molecular complexity index is 522. The van der Waals surface area contributed by atoms with E-state index >= 15 is 0 Å². The highest BCUT2D eigenvalue weighted by molar-refractivity contribution is 5.75. The molecule has 0 aliphatic carbocycles. The SMILES string of the molecule is CC(C)N1CCCC1.Cc1ccc2nc(C)[nH]c2c1. The van der Waals surface area contributed by atoms with Crippen molar-refractivity contribution in [2.75, 3.05) is 13.1 Å². The second-order valence-corrected chi connectivity index (χ2v) is 5.68. The van der Waals surface area contributed by atoms with Crippen LogP contribution in [0.3, 0.4) is 0 Å². The molecular weight excluding hydrogens is 234 g/mol. The van der Waals surface area contributed by atoms with Crippen molar-refractivity contribution >= 4 is 11.0 Å². The van der Waals surface area contributed by atoms with E-state index in [2.05, 4.69) is 47.8 Å². The molecule has 0 bridgehead atoms. The summed E-state index contributed by atoms with van der Waals surface area (Å²) in [5.74, 6) is 0.977. The van der Waals surface area contributed by atoms with Crippen molar-refractivity contribution in [2.24, 2.45) is 0 Å². The van der Waals surface area contributed by atoms with Crippen molar-refractivity contribution in [3.05, 3.63) is 29.6 Å². The highest BCUT2D eigenvalue weighted by atomic mass is 15.2. The summed E-state index contributed by atoms with van der Waals surface area (Å²) in [6.45, 7) is 11.2. The van der Waals surface area contributed by atoms with Crippen LogP contribution in [-0.4, -0.2) is 34.0 Å². The molecule has 0 radical (unpaired) electrons. The van der Waals surface area contributed by atoms with Crippen molar-refractivity contribution < 1.29 is 0 Å². The van der Waals surface area contributed by atoms with Gasteiger partial charge in [-0.25, -0.2) is 4.98 Å². The molecule has 1 fully saturated rings. The minimum absolute atomic E-state index is 0.775. The maximum atomic E-state index is 4.30. The lowest BCUT2D eigenvalue weighted by molar-refractivity contribution is 0.276. The lowest BCUT2D eigenvalue weighted by Gasteiger charge is -2.18. The quantitative estimate of drug-likeness (QED) is 0.847. The minimum Gasteiger partial charge on any atom is -0.342 e. The van der Waals surface area contributed by atoms with Crippen molar-refractivity contribution in [2.45, 2.75) is 46.6 Å². The molecule has 1 N–H and O–H groups in total. The Morgan fingerprint density at radius 2 is 1.84 bits per heavy atom. The molecule has 1 saturated heterocycles. The Balaban J connectivity index is 0.000000148. The number of aromatic amines is 1. The van der Waals surface area contributed by atoms with E-state index in [0.717, 1.165) is 22.9 Å². The number of hydrogen-bond donors (Lipinski definition) is 1. The first kappa shape index (κ1) is 14.1. The molecular formula is C16H25N3. The van der Waals surface area contributed by atoms with Crippen LogP contribution >= 0.6 is 0 Å². The van der Waals surface area contributed by atoms with E-state index in [1.165, 1.54) is 31.5 Å². The van der Waals surface area contributed by atoms with Gasteiger partial charge < -0.3 is 9.88 Å². The van der Waals surface area contributed by atoms with Crippen LogP contribution in [0.5, 0.6) is 0 Å². The lowest BCUT2D eigenvalue weighted by Crippen LogP contribution is -2.26. The highest BCUT2D eigenvalue weighted by Gasteiger charge is 2.13. The van der Waals surface area contributed by atoms with E-state index in [-0.39, 0.29) is 0 Å². The first-order valence-electron chi connectivity index (χ1n) is 7.23. The van der Waals surface area contributed by atoms with E-state index in [4.69, 9.17) is 0 Å². The van der Waals surface area contributed by atoms with Gasteiger partial charge in [-0.3, -0.25) is 0 Å². The molecule has 0 amide bonds. The minimum atomic E-state index is 0.775. The largest absolute Gasteiger partial charge is 0.342 e. The number of imidazole rings is 1. The molecule has 2 aromatic rings. The van der Waals surface area contributed by atoms with Gasteiger partial charge >= 0.3 is 0 Å². The number of H-pyrrole nitrogens is 1. The van der Waals surface area contributed by atoms with Crippen LogP contribution in [-0.2, 0) is 0 Å². The van der Waals surface area contributed by atoms with Gasteiger partial charge in [0.05, 0.1) is 11.0 Å². The van der Waals surface area contributed by atoms with Crippen LogP contribution in [0.1, 0.15) is 38.1 Å². The number of aromatic nitrogens is 2. The van der Waals surface area contributed by atoms with Crippen LogP contribution in [0.15, 0.2) is 18.2 Å². The molecule has 0 unspecified atom stereocenters. The predicted octanol–water partition coefficient (Wildman–Crippen LogP) is 3.67. The van der Waals surface area contributed by atoms with E-state index < -0.39 is 0 Å². The fraction of sp³-hybridized carbons (Fsp3) is 0.562. The smallest absolute Gasteiger partial charge is 0.104 e. The van der Waals surface area contributed by atoms with Gasteiger partial charge in [0.25, 0.3) is 0 Å². The molecule has 0 spiro atoms. The van der Waals surface area contributed by atoms with Gasteiger partial charge in [0.1, 0.15) is 5.82 Å². The van der Waals surface area contributed by atoms with Crippen LogP contribution in [0.25, 0.3) is 11.0 Å². The third-order valence-electron chi connectivity index (χ3n) is 3.63. The highest BCUT2D eigenvalue weighted by Crippen LogP contribution is 2.12. The Hall–Kier alpha value is -1.35. The molecule has 2 heterocycles. The zero-order valence-corrected chi connectivity index (χ0v) is 12.5. The molecule has 0 atom stereocenters. The maximum absolute atomic E-state index is 4.30. The van der Waals surface area contributed by atoms with Gasteiger partial charge in [-0.05, 0) is 71.3 Å². The topological polar surface area (TPSA) is 31.9 Å². The standard InChI is InChI=1S/C9H10N2.C7H15N/c1-6-3-4-8-9(5-6)11-7(2)10-8;1-7(2)8-5-3-4-6-8/h3-5H,1-2H3,(H,10,11);7H,3-6H2,1-2H3. The average Bonchev–Trinajstić information content (AvgIpc) is 2.96. The summed E-state index contributed by atoms with van der Waals surface area (Å²) in [5, 5.41) is 0. The van der Waals surface area contributed by atoms with Gasteiger partial charge in [-0.2, -0.15) is 0 Å². The van der Waals surface area contributed by atoms with Crippen molar-refractivity contribution in [1.82, 2.24) is 14.9 Å². The van der Waals surface area contributed by atoms with Crippen molar-refractivity contribution in [3.63, 3.8) is 0 Å². The van der Waals surface area contributed by atoms with Crippen LogP contribution < -0.4 is 0 Å². The van der Waals surface area contributed by atoms with E-state index in [9.17, 15) is 0 Å². The van der Waals surface area contributed by atoms with E-state index in [1.54, 1.807) is 0 Å². The zero-order chi connectivity index (χ0) is 13.8. The summed E-state index contributed by atoms with van der Waals surface area (Å²) >= 11 is 0. The number of nitrogens with zero attached hydrogens (tertiary/aromatic N) is 2. The van der Waals surface area contributed by atoms with Gasteiger partial charge in [-0.1, -0.05) is 6.07 Å². The number of likely N-dealkylation sites (tertiary alicyclic amines) is 1. The summed E-state index contributed by atoms with van der Waals surface area (Å²) in [6.07, 6.45) is 2.83. The first-order valence-corrected chi connectivity index (χ1v) is 7.23. The molecule has 1 aromatic heterocycles. The lowest BCUT2D eigenvalue weighted by atomic mass is 10.2. The molecule has 19 heavy (non-hydrogen) atoms. The summed E-state index contributed by atoms with van der Waals surface area (Å²) < 4.78 is 0.